The lowest BCUT2D eigenvalue weighted by Crippen LogP contribution is -2.34. The standard InChI is InChI=1S/C50H44N6/c1-5-15-45-37(11-1)21-25-41(51-45)29-33-55(34-30-42-26-22-38-12-2-6-16-46(38)52-42)49-19-9-10-20-50(49)56(35-31-43-27-23-39-13-3-7-17-47(39)53-43)36-32-44-28-24-40-14-4-8-18-48(40)54-44/h1-28H,29-36H2. The second kappa shape index (κ2) is 16.4. The minimum atomic E-state index is 0.822. The SMILES string of the molecule is c1ccc(N(CCc2ccc3ccccc3n2)CCc2ccc3ccccc3n2)c(N(CCc2ccc3ccccc3n2)CCc2ccc3ccccc3n2)c1. The van der Waals surface area contributed by atoms with E-state index in [-0.39, 0.29) is 0 Å². The van der Waals surface area contributed by atoms with Crippen molar-refractivity contribution in [1.29, 1.82) is 0 Å². The normalized spacial score (nSPS) is 11.4. The highest BCUT2D eigenvalue weighted by Crippen LogP contribution is 2.31. The number of aromatic nitrogens is 4. The van der Waals surface area contributed by atoms with Crippen LogP contribution in [0.15, 0.2) is 170 Å². The van der Waals surface area contributed by atoms with Gasteiger partial charge in [-0.1, -0.05) is 109 Å². The second-order valence-electron chi connectivity index (χ2n) is 14.4. The predicted octanol–water partition coefficient (Wildman–Crippen LogP) is 10.5. The Hall–Kier alpha value is -6.66. The van der Waals surface area contributed by atoms with Gasteiger partial charge in [-0.05, 0) is 60.7 Å². The number of rotatable bonds is 14. The molecular weight excluding hydrogens is 685 g/mol. The molecule has 0 aliphatic rings. The smallest absolute Gasteiger partial charge is 0.0705 e. The minimum Gasteiger partial charge on any atom is -0.369 e. The molecule has 9 aromatic rings. The van der Waals surface area contributed by atoms with Crippen LogP contribution in [0.4, 0.5) is 11.4 Å². The molecule has 0 bridgehead atoms. The van der Waals surface area contributed by atoms with Gasteiger partial charge < -0.3 is 9.80 Å². The van der Waals surface area contributed by atoms with Crippen molar-refractivity contribution < 1.29 is 0 Å². The minimum absolute atomic E-state index is 0.822. The van der Waals surface area contributed by atoms with E-state index in [0.29, 0.717) is 0 Å². The van der Waals surface area contributed by atoms with E-state index in [0.717, 1.165) is 96.7 Å². The summed E-state index contributed by atoms with van der Waals surface area (Å²) >= 11 is 0. The first-order valence-corrected chi connectivity index (χ1v) is 19.7. The van der Waals surface area contributed by atoms with Gasteiger partial charge in [0.1, 0.15) is 0 Å². The predicted molar refractivity (Wildman–Crippen MR) is 233 cm³/mol. The molecule has 0 aliphatic carbocycles. The molecule has 56 heavy (non-hydrogen) atoms. The number of para-hydroxylation sites is 6. The van der Waals surface area contributed by atoms with Gasteiger partial charge in [-0.3, -0.25) is 19.9 Å². The molecular formula is C50H44N6. The van der Waals surface area contributed by atoms with E-state index < -0.39 is 0 Å². The van der Waals surface area contributed by atoms with Crippen LogP contribution in [0.1, 0.15) is 22.8 Å². The summed E-state index contributed by atoms with van der Waals surface area (Å²) in [5.74, 6) is 0. The molecule has 6 heteroatoms. The van der Waals surface area contributed by atoms with Crippen molar-refractivity contribution in [3.05, 3.63) is 193 Å². The molecule has 4 heterocycles. The molecule has 6 nitrogen and oxygen atoms in total. The van der Waals surface area contributed by atoms with Crippen molar-refractivity contribution in [2.24, 2.45) is 0 Å². The lowest BCUT2D eigenvalue weighted by molar-refractivity contribution is 0.731. The summed E-state index contributed by atoms with van der Waals surface area (Å²) in [5, 5.41) is 4.66. The van der Waals surface area contributed by atoms with Crippen LogP contribution >= 0.6 is 0 Å². The third kappa shape index (κ3) is 8.06. The van der Waals surface area contributed by atoms with Crippen LogP contribution in [-0.2, 0) is 25.7 Å². The maximum absolute atomic E-state index is 5.06. The number of fused-ring (bicyclic) bond motifs is 4. The number of benzene rings is 5. The number of hydrogen-bond acceptors (Lipinski definition) is 6. The Labute approximate surface area is 328 Å². The Morgan fingerprint density at radius 3 is 0.804 bits per heavy atom. The number of hydrogen-bond donors (Lipinski definition) is 0. The van der Waals surface area contributed by atoms with Crippen molar-refractivity contribution in [2.45, 2.75) is 25.7 Å². The molecule has 0 amide bonds. The van der Waals surface area contributed by atoms with Gasteiger partial charge >= 0.3 is 0 Å². The first-order valence-electron chi connectivity index (χ1n) is 19.7. The van der Waals surface area contributed by atoms with E-state index in [1.807, 2.05) is 0 Å². The van der Waals surface area contributed by atoms with Crippen molar-refractivity contribution in [1.82, 2.24) is 19.9 Å². The van der Waals surface area contributed by atoms with Crippen LogP contribution in [0, 0.1) is 0 Å². The summed E-state index contributed by atoms with van der Waals surface area (Å²) in [4.78, 5) is 25.3. The zero-order valence-electron chi connectivity index (χ0n) is 31.5. The molecule has 0 atom stereocenters. The van der Waals surface area contributed by atoms with Crippen LogP contribution in [0.25, 0.3) is 43.6 Å². The fourth-order valence-electron chi connectivity index (χ4n) is 7.69. The highest BCUT2D eigenvalue weighted by molar-refractivity contribution is 5.81. The van der Waals surface area contributed by atoms with Gasteiger partial charge in [0.2, 0.25) is 0 Å². The number of nitrogens with zero attached hydrogens (tertiary/aromatic N) is 6. The molecule has 0 unspecified atom stereocenters. The monoisotopic (exact) mass is 728 g/mol. The summed E-state index contributed by atoms with van der Waals surface area (Å²) in [5.41, 5.74) is 10.9. The van der Waals surface area contributed by atoms with Gasteiger partial charge in [-0.25, -0.2) is 0 Å². The van der Waals surface area contributed by atoms with Crippen molar-refractivity contribution in [3.63, 3.8) is 0 Å². The van der Waals surface area contributed by atoms with Crippen molar-refractivity contribution >= 4 is 55.0 Å². The third-order valence-corrected chi connectivity index (χ3v) is 10.7. The van der Waals surface area contributed by atoms with Gasteiger partial charge in [-0.15, -0.1) is 0 Å². The second-order valence-corrected chi connectivity index (χ2v) is 14.4. The largest absolute Gasteiger partial charge is 0.369 e. The fourth-order valence-corrected chi connectivity index (χ4v) is 7.69. The van der Waals surface area contributed by atoms with Crippen molar-refractivity contribution in [3.8, 4) is 0 Å². The lowest BCUT2D eigenvalue weighted by Gasteiger charge is -2.33. The van der Waals surface area contributed by atoms with E-state index in [9.17, 15) is 0 Å². The van der Waals surface area contributed by atoms with Crippen LogP contribution < -0.4 is 9.80 Å². The topological polar surface area (TPSA) is 58.0 Å². The van der Waals surface area contributed by atoms with Gasteiger partial charge in [-0.2, -0.15) is 0 Å². The van der Waals surface area contributed by atoms with E-state index in [1.165, 1.54) is 32.9 Å². The molecule has 0 aliphatic heterocycles. The zero-order valence-corrected chi connectivity index (χ0v) is 31.5. The van der Waals surface area contributed by atoms with Gasteiger partial charge in [0.25, 0.3) is 0 Å². The molecule has 9 rings (SSSR count). The van der Waals surface area contributed by atoms with Gasteiger partial charge in [0.05, 0.1) is 33.4 Å². The first kappa shape index (κ1) is 35.1. The average Bonchev–Trinajstić information content (AvgIpc) is 3.26. The summed E-state index contributed by atoms with van der Waals surface area (Å²) in [6, 6.07) is 59.8. The average molecular weight is 729 g/mol. The quantitative estimate of drug-likeness (QED) is 0.111. The number of pyridine rings is 4. The lowest BCUT2D eigenvalue weighted by atomic mass is 10.1. The Kier molecular flexibility index (Phi) is 10.3. The van der Waals surface area contributed by atoms with Crippen LogP contribution in [0.5, 0.6) is 0 Å². The molecule has 0 N–H and O–H groups in total. The molecule has 4 aromatic heterocycles. The summed E-state index contributed by atoms with van der Waals surface area (Å²) < 4.78 is 0. The zero-order chi connectivity index (χ0) is 37.5. The van der Waals surface area contributed by atoms with E-state index >= 15 is 0 Å². The fraction of sp³-hybridized carbons (Fsp3) is 0.160. The summed E-state index contributed by atoms with van der Waals surface area (Å²) in [6.07, 6.45) is 3.30. The van der Waals surface area contributed by atoms with Gasteiger partial charge in [0, 0.05) is 96.2 Å². The van der Waals surface area contributed by atoms with Gasteiger partial charge in [0.15, 0.2) is 0 Å². The number of anilines is 2. The molecule has 0 saturated carbocycles. The van der Waals surface area contributed by atoms with E-state index in [1.54, 1.807) is 0 Å². The Morgan fingerprint density at radius 2 is 0.518 bits per heavy atom. The van der Waals surface area contributed by atoms with Crippen molar-refractivity contribution in [2.75, 3.05) is 36.0 Å². The maximum atomic E-state index is 5.06. The van der Waals surface area contributed by atoms with E-state index in [2.05, 4.69) is 180 Å². The molecule has 0 saturated heterocycles. The van der Waals surface area contributed by atoms with E-state index in [4.69, 9.17) is 19.9 Å². The Morgan fingerprint density at radius 1 is 0.268 bits per heavy atom. The first-order chi connectivity index (χ1) is 27.7. The van der Waals surface area contributed by atoms with Crippen LogP contribution in [0.3, 0.4) is 0 Å². The van der Waals surface area contributed by atoms with Crippen LogP contribution in [0.2, 0.25) is 0 Å². The molecule has 0 fully saturated rings. The summed E-state index contributed by atoms with van der Waals surface area (Å²) in [6.45, 7) is 3.29. The molecule has 5 aromatic carbocycles. The van der Waals surface area contributed by atoms with Crippen LogP contribution in [-0.4, -0.2) is 46.1 Å². The highest BCUT2D eigenvalue weighted by Gasteiger charge is 2.18. The molecule has 0 spiro atoms. The highest BCUT2D eigenvalue weighted by atomic mass is 15.2. The third-order valence-electron chi connectivity index (χ3n) is 10.7. The summed E-state index contributed by atoms with van der Waals surface area (Å²) in [7, 11) is 0. The Balaban J connectivity index is 1.04. The Bertz CT molecular complexity index is 2410. The molecule has 0 radical (unpaired) electrons. The molecule has 274 valence electrons. The maximum Gasteiger partial charge on any atom is 0.0705 e.